The van der Waals surface area contributed by atoms with Crippen molar-refractivity contribution in [2.75, 3.05) is 35.1 Å². The molecule has 3 heterocycles. The zero-order valence-corrected chi connectivity index (χ0v) is 21.6. The first-order chi connectivity index (χ1) is 16.8. The summed E-state index contributed by atoms with van der Waals surface area (Å²) in [7, 11) is -3.67. The zero-order valence-electron chi connectivity index (χ0n) is 19.2. The summed E-state index contributed by atoms with van der Waals surface area (Å²) < 4.78 is 42.5. The number of aliphatic hydroxyl groups excluding tert-OH is 1. The third-order valence-electron chi connectivity index (χ3n) is 5.89. The fourth-order valence-electron chi connectivity index (χ4n) is 4.14. The Balaban J connectivity index is 1.75. The van der Waals surface area contributed by atoms with Crippen LogP contribution in [0.25, 0.3) is 21.8 Å². The van der Waals surface area contributed by atoms with Gasteiger partial charge in [-0.2, -0.15) is 0 Å². The van der Waals surface area contributed by atoms with Gasteiger partial charge < -0.3 is 10.0 Å². The van der Waals surface area contributed by atoms with Crippen molar-refractivity contribution in [3.05, 3.63) is 41.6 Å². The molecule has 0 unspecified atom stereocenters. The van der Waals surface area contributed by atoms with E-state index in [2.05, 4.69) is 19.6 Å². The van der Waals surface area contributed by atoms with E-state index < -0.39 is 15.8 Å². The molecule has 188 valence electrons. The summed E-state index contributed by atoms with van der Waals surface area (Å²) in [6.07, 6.45) is 4.60. The monoisotopic (exact) mass is 539 g/mol. The zero-order chi connectivity index (χ0) is 25.0. The maximum Gasteiger partial charge on any atom is 0.232 e. The molecule has 1 fully saturated rings. The summed E-state index contributed by atoms with van der Waals surface area (Å²) in [5, 5.41) is 10.0. The van der Waals surface area contributed by atoms with Gasteiger partial charge in [0, 0.05) is 31.5 Å². The van der Waals surface area contributed by atoms with Gasteiger partial charge in [0.15, 0.2) is 10.9 Å². The van der Waals surface area contributed by atoms with E-state index >= 15 is 4.39 Å². The summed E-state index contributed by atoms with van der Waals surface area (Å²) in [5.41, 5.74) is 0.924. The second-order valence-corrected chi connectivity index (χ2v) is 11.6. The number of benzene rings is 1. The average molecular weight is 540 g/mol. The van der Waals surface area contributed by atoms with Gasteiger partial charge in [-0.1, -0.05) is 24.3 Å². The highest BCUT2D eigenvalue weighted by Crippen LogP contribution is 2.42. The molecule has 12 heteroatoms. The number of piperidine rings is 1. The first-order valence-electron chi connectivity index (χ1n) is 11.5. The Morgan fingerprint density at radius 1 is 1.26 bits per heavy atom. The number of nitrogens with one attached hydrogen (secondary N) is 1. The van der Waals surface area contributed by atoms with Crippen LogP contribution in [0, 0.1) is 11.7 Å². The summed E-state index contributed by atoms with van der Waals surface area (Å²) in [6, 6.07) is 6.25. The summed E-state index contributed by atoms with van der Waals surface area (Å²) >= 11 is 7.42. The van der Waals surface area contributed by atoms with Crippen LogP contribution in [0.15, 0.2) is 30.5 Å². The Morgan fingerprint density at radius 3 is 2.71 bits per heavy atom. The number of halogens is 2. The molecule has 8 nitrogen and oxygen atoms in total. The second-order valence-electron chi connectivity index (χ2n) is 8.42. The Bertz CT molecular complexity index is 1280. The topological polar surface area (TPSA) is 108 Å². The molecule has 2 N–H and O–H groups in total. The van der Waals surface area contributed by atoms with Crippen molar-refractivity contribution in [2.45, 2.75) is 32.6 Å². The van der Waals surface area contributed by atoms with Crippen LogP contribution < -0.4 is 9.62 Å². The molecule has 1 aliphatic heterocycles. The lowest BCUT2D eigenvalue weighted by Crippen LogP contribution is -2.33. The minimum Gasteiger partial charge on any atom is -0.396 e. The van der Waals surface area contributed by atoms with E-state index in [0.717, 1.165) is 37.5 Å². The number of thiazole rings is 1. The van der Waals surface area contributed by atoms with Crippen LogP contribution in [0.1, 0.15) is 32.6 Å². The van der Waals surface area contributed by atoms with E-state index in [0.29, 0.717) is 28.6 Å². The van der Waals surface area contributed by atoms with Crippen LogP contribution in [0.5, 0.6) is 0 Å². The fraction of sp³-hybridized carbons (Fsp3) is 0.435. The predicted octanol–water partition coefficient (Wildman–Crippen LogP) is 4.81. The van der Waals surface area contributed by atoms with Gasteiger partial charge >= 0.3 is 0 Å². The van der Waals surface area contributed by atoms with E-state index in [4.69, 9.17) is 16.6 Å². The SMILES string of the molecule is CCCS(=O)(=O)Nc1cccc(-c2nc(N3CCC(CCO)CC3)sc2-c2ccnc(Cl)n2)c1F. The molecular formula is C23H27ClFN5O3S2. The number of rotatable bonds is 9. The van der Waals surface area contributed by atoms with Crippen molar-refractivity contribution in [1.29, 1.82) is 0 Å². The van der Waals surface area contributed by atoms with Gasteiger partial charge in [-0.05, 0) is 61.4 Å². The molecule has 4 rings (SSSR count). The van der Waals surface area contributed by atoms with Crippen molar-refractivity contribution in [1.82, 2.24) is 15.0 Å². The molecule has 35 heavy (non-hydrogen) atoms. The number of aliphatic hydroxyl groups is 1. The predicted molar refractivity (Wildman–Crippen MR) is 138 cm³/mol. The minimum atomic E-state index is -3.67. The number of hydrogen-bond acceptors (Lipinski definition) is 8. The van der Waals surface area contributed by atoms with Gasteiger partial charge in [0.2, 0.25) is 15.3 Å². The van der Waals surface area contributed by atoms with Crippen LogP contribution in [-0.2, 0) is 10.0 Å². The molecule has 0 radical (unpaired) electrons. The highest BCUT2D eigenvalue weighted by atomic mass is 35.5. The van der Waals surface area contributed by atoms with Gasteiger partial charge in [0.25, 0.3) is 0 Å². The van der Waals surface area contributed by atoms with Gasteiger partial charge in [-0.15, -0.1) is 0 Å². The van der Waals surface area contributed by atoms with Crippen LogP contribution in [0.2, 0.25) is 5.28 Å². The molecule has 1 saturated heterocycles. The number of aromatic nitrogens is 3. The highest BCUT2D eigenvalue weighted by Gasteiger charge is 2.26. The molecular weight excluding hydrogens is 513 g/mol. The number of nitrogens with zero attached hydrogens (tertiary/aromatic N) is 4. The largest absolute Gasteiger partial charge is 0.396 e. The third-order valence-corrected chi connectivity index (χ3v) is 8.69. The van der Waals surface area contributed by atoms with Crippen LogP contribution >= 0.6 is 22.9 Å². The lowest BCUT2D eigenvalue weighted by atomic mass is 9.94. The van der Waals surface area contributed by atoms with Crippen molar-refractivity contribution in [2.24, 2.45) is 5.92 Å². The maximum atomic E-state index is 15.6. The van der Waals surface area contributed by atoms with Gasteiger partial charge in [0.1, 0.15) is 0 Å². The second kappa shape index (κ2) is 11.2. The molecule has 0 aliphatic carbocycles. The molecule has 0 spiro atoms. The van der Waals surface area contributed by atoms with Crippen molar-refractivity contribution in [3.8, 4) is 21.8 Å². The molecule has 0 saturated carbocycles. The number of hydrogen-bond donors (Lipinski definition) is 2. The van der Waals surface area contributed by atoms with Crippen LogP contribution in [0.4, 0.5) is 15.2 Å². The maximum absolute atomic E-state index is 15.6. The highest BCUT2D eigenvalue weighted by molar-refractivity contribution is 7.92. The number of sulfonamides is 1. The summed E-state index contributed by atoms with van der Waals surface area (Å²) in [4.78, 5) is 15.8. The molecule has 3 aromatic rings. The first-order valence-corrected chi connectivity index (χ1v) is 14.3. The lowest BCUT2D eigenvalue weighted by Gasteiger charge is -2.31. The molecule has 0 atom stereocenters. The number of anilines is 2. The van der Waals surface area contributed by atoms with Crippen molar-refractivity contribution >= 4 is 43.8 Å². The Morgan fingerprint density at radius 2 is 2.03 bits per heavy atom. The summed E-state index contributed by atoms with van der Waals surface area (Å²) in [5.74, 6) is -0.331. The molecule has 2 aromatic heterocycles. The average Bonchev–Trinajstić information content (AvgIpc) is 3.26. The van der Waals surface area contributed by atoms with Crippen LogP contribution in [0.3, 0.4) is 0 Å². The van der Waals surface area contributed by atoms with Gasteiger partial charge in [0.05, 0.1) is 27.7 Å². The van der Waals surface area contributed by atoms with Crippen LogP contribution in [-0.4, -0.2) is 53.9 Å². The van der Waals surface area contributed by atoms with Gasteiger partial charge in [-0.25, -0.2) is 27.8 Å². The van der Waals surface area contributed by atoms with E-state index in [9.17, 15) is 13.5 Å². The lowest BCUT2D eigenvalue weighted by molar-refractivity contribution is 0.240. The molecule has 0 bridgehead atoms. The quantitative estimate of drug-likeness (QED) is 0.376. The standard InChI is InChI=1S/C23H27ClFN5O3S2/c1-2-14-35(32,33)29-17-5-3-4-16(19(17)25)20-21(18-6-10-26-22(24)27-18)34-23(28-20)30-11-7-15(8-12-30)9-13-31/h3-6,10,15,29,31H,2,7-9,11-14H2,1H3. The molecule has 0 amide bonds. The molecule has 1 aliphatic rings. The van der Waals surface area contributed by atoms with E-state index in [1.807, 2.05) is 0 Å². The van der Waals surface area contributed by atoms with Gasteiger partial charge in [-0.3, -0.25) is 4.72 Å². The van der Waals surface area contributed by atoms with E-state index in [-0.39, 0.29) is 28.9 Å². The third kappa shape index (κ3) is 6.08. The Kier molecular flexibility index (Phi) is 8.20. The smallest absolute Gasteiger partial charge is 0.232 e. The van der Waals surface area contributed by atoms with Crippen molar-refractivity contribution in [3.63, 3.8) is 0 Å². The fourth-order valence-corrected chi connectivity index (χ4v) is 6.52. The van der Waals surface area contributed by atoms with E-state index in [1.54, 1.807) is 25.1 Å². The first kappa shape index (κ1) is 25.7. The minimum absolute atomic E-state index is 0.0646. The van der Waals surface area contributed by atoms with E-state index in [1.165, 1.54) is 23.6 Å². The van der Waals surface area contributed by atoms with Crippen molar-refractivity contribution < 1.29 is 17.9 Å². The normalized spacial score (nSPS) is 14.9. The molecule has 1 aromatic carbocycles. The summed E-state index contributed by atoms with van der Waals surface area (Å²) in [6.45, 7) is 3.48. The Labute approximate surface area is 213 Å². The Hall–Kier alpha value is -2.34.